The molecule has 0 bridgehead atoms. The summed E-state index contributed by atoms with van der Waals surface area (Å²) in [6, 6.07) is 8.52. The lowest BCUT2D eigenvalue weighted by molar-refractivity contribution is -0.124. The molecule has 4 heteroatoms. The summed E-state index contributed by atoms with van der Waals surface area (Å²) in [6.07, 6.45) is 2.03. The topological polar surface area (TPSA) is 58.4 Å². The molecular formula is C16H25N3O. The fourth-order valence-electron chi connectivity index (χ4n) is 2.76. The summed E-state index contributed by atoms with van der Waals surface area (Å²) in [5.41, 5.74) is 7.73. The highest BCUT2D eigenvalue weighted by atomic mass is 16.1. The van der Waals surface area contributed by atoms with Gasteiger partial charge in [0.05, 0.1) is 0 Å². The first-order chi connectivity index (χ1) is 9.55. The second-order valence-electron chi connectivity index (χ2n) is 5.85. The summed E-state index contributed by atoms with van der Waals surface area (Å²) in [5.74, 6) is -0.273. The average Bonchev–Trinajstić information content (AvgIpc) is 2.45. The lowest BCUT2D eigenvalue weighted by atomic mass is 9.95. The quantitative estimate of drug-likeness (QED) is 0.822. The maximum absolute atomic E-state index is 11.8. The Morgan fingerprint density at radius 2 is 2.10 bits per heavy atom. The van der Waals surface area contributed by atoms with E-state index in [0.29, 0.717) is 6.54 Å². The lowest BCUT2D eigenvalue weighted by Gasteiger charge is -2.36. The SMILES string of the molecule is CCCNC(C)(CN1CCc2ccccc2C1)C(N)=O. The monoisotopic (exact) mass is 275 g/mol. The van der Waals surface area contributed by atoms with Gasteiger partial charge in [0.1, 0.15) is 5.54 Å². The van der Waals surface area contributed by atoms with E-state index in [-0.39, 0.29) is 5.91 Å². The second kappa shape index (κ2) is 6.37. The molecule has 0 saturated carbocycles. The number of rotatable bonds is 6. The number of hydrogen-bond donors (Lipinski definition) is 2. The van der Waals surface area contributed by atoms with Crippen LogP contribution in [-0.2, 0) is 17.8 Å². The molecule has 1 atom stereocenters. The van der Waals surface area contributed by atoms with Gasteiger partial charge in [-0.05, 0) is 37.4 Å². The van der Waals surface area contributed by atoms with Crippen molar-refractivity contribution in [2.75, 3.05) is 19.6 Å². The summed E-state index contributed by atoms with van der Waals surface area (Å²) >= 11 is 0. The molecule has 0 aromatic heterocycles. The Labute approximate surface area is 121 Å². The molecule has 1 aliphatic rings. The Morgan fingerprint density at radius 3 is 2.75 bits per heavy atom. The van der Waals surface area contributed by atoms with Crippen molar-refractivity contribution in [3.63, 3.8) is 0 Å². The van der Waals surface area contributed by atoms with Crippen LogP contribution in [0.3, 0.4) is 0 Å². The first-order valence-electron chi connectivity index (χ1n) is 7.39. The van der Waals surface area contributed by atoms with Gasteiger partial charge in [-0.3, -0.25) is 9.69 Å². The number of hydrogen-bond acceptors (Lipinski definition) is 3. The Balaban J connectivity index is 2.04. The number of carbonyl (C=O) groups is 1. The van der Waals surface area contributed by atoms with Gasteiger partial charge < -0.3 is 11.1 Å². The van der Waals surface area contributed by atoms with Gasteiger partial charge >= 0.3 is 0 Å². The highest BCUT2D eigenvalue weighted by molar-refractivity contribution is 5.84. The molecule has 2 rings (SSSR count). The third-order valence-electron chi connectivity index (χ3n) is 4.06. The van der Waals surface area contributed by atoms with Gasteiger partial charge in [0.2, 0.25) is 5.91 Å². The standard InChI is InChI=1S/C16H25N3O/c1-3-9-18-16(2,15(17)20)12-19-10-8-13-6-4-5-7-14(13)11-19/h4-7,18H,3,8-12H2,1-2H3,(H2,17,20). The summed E-state index contributed by atoms with van der Waals surface area (Å²) in [5, 5.41) is 3.30. The molecule has 1 heterocycles. The number of nitrogens with one attached hydrogen (secondary N) is 1. The molecule has 20 heavy (non-hydrogen) atoms. The van der Waals surface area contributed by atoms with E-state index in [0.717, 1.165) is 32.5 Å². The molecule has 1 aromatic carbocycles. The van der Waals surface area contributed by atoms with Crippen LogP contribution in [0, 0.1) is 0 Å². The van der Waals surface area contributed by atoms with Crippen molar-refractivity contribution >= 4 is 5.91 Å². The minimum absolute atomic E-state index is 0.273. The van der Waals surface area contributed by atoms with Crippen LogP contribution in [0.15, 0.2) is 24.3 Å². The van der Waals surface area contributed by atoms with Gasteiger partial charge in [-0.2, -0.15) is 0 Å². The number of benzene rings is 1. The Bertz CT molecular complexity index is 475. The number of amides is 1. The molecule has 3 N–H and O–H groups in total. The maximum atomic E-state index is 11.8. The number of primary amides is 1. The smallest absolute Gasteiger partial charge is 0.238 e. The van der Waals surface area contributed by atoms with Crippen LogP contribution in [0.1, 0.15) is 31.4 Å². The number of carbonyl (C=O) groups excluding carboxylic acids is 1. The zero-order valence-electron chi connectivity index (χ0n) is 12.5. The van der Waals surface area contributed by atoms with E-state index in [1.54, 1.807) is 0 Å². The lowest BCUT2D eigenvalue weighted by Crippen LogP contribution is -2.60. The van der Waals surface area contributed by atoms with Gasteiger partial charge in [-0.1, -0.05) is 31.2 Å². The van der Waals surface area contributed by atoms with Gasteiger partial charge in [-0.15, -0.1) is 0 Å². The molecule has 0 radical (unpaired) electrons. The van der Waals surface area contributed by atoms with Crippen LogP contribution in [0.5, 0.6) is 0 Å². The van der Waals surface area contributed by atoms with Gasteiger partial charge in [-0.25, -0.2) is 0 Å². The van der Waals surface area contributed by atoms with E-state index in [9.17, 15) is 4.79 Å². The predicted molar refractivity (Wildman–Crippen MR) is 81.3 cm³/mol. The van der Waals surface area contributed by atoms with Crippen molar-refractivity contribution in [1.29, 1.82) is 0 Å². The third-order valence-corrected chi connectivity index (χ3v) is 4.06. The van der Waals surface area contributed by atoms with E-state index in [1.165, 1.54) is 11.1 Å². The molecule has 110 valence electrons. The maximum Gasteiger partial charge on any atom is 0.238 e. The van der Waals surface area contributed by atoms with Crippen molar-refractivity contribution in [2.24, 2.45) is 5.73 Å². The van der Waals surface area contributed by atoms with Gasteiger partial charge in [0.15, 0.2) is 0 Å². The van der Waals surface area contributed by atoms with E-state index in [1.807, 2.05) is 6.92 Å². The van der Waals surface area contributed by atoms with Crippen LogP contribution in [-0.4, -0.2) is 36.0 Å². The van der Waals surface area contributed by atoms with E-state index < -0.39 is 5.54 Å². The highest BCUT2D eigenvalue weighted by Gasteiger charge is 2.33. The molecule has 1 aromatic rings. The fraction of sp³-hybridized carbons (Fsp3) is 0.562. The Kier molecular flexibility index (Phi) is 4.78. The number of fused-ring (bicyclic) bond motifs is 1. The molecule has 0 saturated heterocycles. The van der Waals surface area contributed by atoms with Crippen molar-refractivity contribution in [2.45, 2.75) is 38.8 Å². The average molecular weight is 275 g/mol. The third kappa shape index (κ3) is 3.38. The molecule has 0 aliphatic carbocycles. The molecule has 1 unspecified atom stereocenters. The van der Waals surface area contributed by atoms with Crippen LogP contribution < -0.4 is 11.1 Å². The predicted octanol–water partition coefficient (Wildman–Crippen LogP) is 1.29. The molecule has 1 amide bonds. The van der Waals surface area contributed by atoms with Crippen molar-refractivity contribution in [3.05, 3.63) is 35.4 Å². The largest absolute Gasteiger partial charge is 0.368 e. The van der Waals surface area contributed by atoms with Gasteiger partial charge in [0, 0.05) is 19.6 Å². The van der Waals surface area contributed by atoms with Crippen LogP contribution >= 0.6 is 0 Å². The first-order valence-corrected chi connectivity index (χ1v) is 7.39. The number of nitrogens with zero attached hydrogens (tertiary/aromatic N) is 1. The highest BCUT2D eigenvalue weighted by Crippen LogP contribution is 2.20. The van der Waals surface area contributed by atoms with Crippen molar-refractivity contribution in [1.82, 2.24) is 10.2 Å². The van der Waals surface area contributed by atoms with Crippen LogP contribution in [0.2, 0.25) is 0 Å². The van der Waals surface area contributed by atoms with Crippen LogP contribution in [0.4, 0.5) is 0 Å². The van der Waals surface area contributed by atoms with E-state index >= 15 is 0 Å². The summed E-state index contributed by atoms with van der Waals surface area (Å²) in [7, 11) is 0. The van der Waals surface area contributed by atoms with E-state index in [2.05, 4.69) is 41.4 Å². The Morgan fingerprint density at radius 1 is 1.40 bits per heavy atom. The molecule has 1 aliphatic heterocycles. The number of nitrogens with two attached hydrogens (primary N) is 1. The minimum Gasteiger partial charge on any atom is -0.368 e. The van der Waals surface area contributed by atoms with Crippen LogP contribution in [0.25, 0.3) is 0 Å². The Hall–Kier alpha value is -1.39. The molecule has 0 fully saturated rings. The van der Waals surface area contributed by atoms with Crippen molar-refractivity contribution < 1.29 is 4.79 Å². The molecule has 0 spiro atoms. The molecular weight excluding hydrogens is 250 g/mol. The second-order valence-corrected chi connectivity index (χ2v) is 5.85. The first kappa shape index (κ1) is 15.0. The van der Waals surface area contributed by atoms with E-state index in [4.69, 9.17) is 5.73 Å². The molecule has 4 nitrogen and oxygen atoms in total. The normalized spacial score (nSPS) is 18.3. The van der Waals surface area contributed by atoms with Crippen molar-refractivity contribution in [3.8, 4) is 0 Å². The van der Waals surface area contributed by atoms with Gasteiger partial charge in [0.25, 0.3) is 0 Å². The summed E-state index contributed by atoms with van der Waals surface area (Å²) < 4.78 is 0. The zero-order chi connectivity index (χ0) is 14.6. The fourth-order valence-corrected chi connectivity index (χ4v) is 2.76. The zero-order valence-corrected chi connectivity index (χ0v) is 12.5. The summed E-state index contributed by atoms with van der Waals surface area (Å²) in [4.78, 5) is 14.1. The minimum atomic E-state index is -0.651. The summed E-state index contributed by atoms with van der Waals surface area (Å²) in [6.45, 7) is 7.35.